The second-order valence-corrected chi connectivity index (χ2v) is 7.22. The first-order valence-electron chi connectivity index (χ1n) is 9.49. The molecule has 2 heterocycles. The van der Waals surface area contributed by atoms with Gasteiger partial charge in [-0.2, -0.15) is 0 Å². The highest BCUT2D eigenvalue weighted by Gasteiger charge is 2.30. The number of esters is 1. The van der Waals surface area contributed by atoms with Gasteiger partial charge in [0.2, 0.25) is 0 Å². The Bertz CT molecular complexity index is 1070. The lowest BCUT2D eigenvalue weighted by atomic mass is 9.93. The zero-order valence-electron chi connectivity index (χ0n) is 15.3. The van der Waals surface area contributed by atoms with Crippen LogP contribution in [0.5, 0.6) is 0 Å². The van der Waals surface area contributed by atoms with Gasteiger partial charge in [0.25, 0.3) is 5.91 Å². The van der Waals surface area contributed by atoms with Crippen molar-refractivity contribution in [3.8, 4) is 0 Å². The Morgan fingerprint density at radius 3 is 2.57 bits per heavy atom. The van der Waals surface area contributed by atoms with Crippen molar-refractivity contribution in [3.05, 3.63) is 101 Å². The summed E-state index contributed by atoms with van der Waals surface area (Å²) >= 11 is 0. The molecule has 0 aliphatic carbocycles. The molecule has 1 atom stereocenters. The van der Waals surface area contributed by atoms with Gasteiger partial charge in [-0.05, 0) is 47.4 Å². The van der Waals surface area contributed by atoms with Crippen molar-refractivity contribution in [2.75, 3.05) is 11.4 Å². The molecule has 1 amide bonds. The molecule has 3 aromatic carbocycles. The van der Waals surface area contributed by atoms with Crippen molar-refractivity contribution < 1.29 is 14.3 Å². The number of benzene rings is 3. The van der Waals surface area contributed by atoms with Crippen LogP contribution in [-0.2, 0) is 17.6 Å². The van der Waals surface area contributed by atoms with E-state index in [0.29, 0.717) is 24.1 Å². The molecule has 0 N–H and O–H groups in total. The van der Waals surface area contributed by atoms with Crippen molar-refractivity contribution in [1.82, 2.24) is 0 Å². The summed E-state index contributed by atoms with van der Waals surface area (Å²) < 4.78 is 5.61. The number of nitrogens with zero attached hydrogens (tertiary/aromatic N) is 1. The first kappa shape index (κ1) is 16.8. The molecule has 0 saturated heterocycles. The zero-order chi connectivity index (χ0) is 19.1. The molecule has 4 nitrogen and oxygen atoms in total. The van der Waals surface area contributed by atoms with E-state index in [1.807, 2.05) is 59.5 Å². The molecule has 0 saturated carbocycles. The summed E-state index contributed by atoms with van der Waals surface area (Å²) in [5.74, 6) is -0.358. The Kier molecular flexibility index (Phi) is 3.97. The Hall–Kier alpha value is -3.40. The van der Waals surface area contributed by atoms with Crippen LogP contribution in [0.25, 0.3) is 0 Å². The maximum Gasteiger partial charge on any atom is 0.339 e. The molecule has 3 aromatic rings. The minimum absolute atomic E-state index is 0.0250. The van der Waals surface area contributed by atoms with Gasteiger partial charge in [0.1, 0.15) is 6.10 Å². The second kappa shape index (κ2) is 6.64. The molecule has 2 aliphatic heterocycles. The topological polar surface area (TPSA) is 46.6 Å². The van der Waals surface area contributed by atoms with Crippen LogP contribution in [0.3, 0.4) is 0 Å². The minimum atomic E-state index is -0.333. The van der Waals surface area contributed by atoms with Crippen LogP contribution in [0, 0.1) is 0 Å². The van der Waals surface area contributed by atoms with E-state index in [4.69, 9.17) is 4.74 Å². The van der Waals surface area contributed by atoms with Crippen molar-refractivity contribution in [2.45, 2.75) is 18.9 Å². The molecule has 1 unspecified atom stereocenters. The van der Waals surface area contributed by atoms with E-state index >= 15 is 0 Å². The van der Waals surface area contributed by atoms with E-state index in [1.165, 1.54) is 5.56 Å². The lowest BCUT2D eigenvalue weighted by Gasteiger charge is -2.26. The number of ether oxygens (including phenoxy) is 1. The number of anilines is 1. The normalized spacial score (nSPS) is 17.6. The number of cyclic esters (lactones) is 1. The van der Waals surface area contributed by atoms with Crippen LogP contribution in [0.1, 0.15) is 43.5 Å². The summed E-state index contributed by atoms with van der Waals surface area (Å²) in [6, 6.07) is 23.0. The van der Waals surface area contributed by atoms with Crippen LogP contribution in [0.4, 0.5) is 5.69 Å². The average molecular weight is 369 g/mol. The highest BCUT2D eigenvalue weighted by atomic mass is 16.5. The van der Waals surface area contributed by atoms with Gasteiger partial charge in [-0.3, -0.25) is 4.79 Å². The fourth-order valence-electron chi connectivity index (χ4n) is 4.09. The Labute approximate surface area is 163 Å². The molecule has 0 fully saturated rings. The van der Waals surface area contributed by atoms with Crippen molar-refractivity contribution in [1.29, 1.82) is 0 Å². The van der Waals surface area contributed by atoms with Crippen molar-refractivity contribution in [2.24, 2.45) is 0 Å². The van der Waals surface area contributed by atoms with Crippen LogP contribution in [-0.4, -0.2) is 18.4 Å². The van der Waals surface area contributed by atoms with Gasteiger partial charge in [-0.25, -0.2) is 4.79 Å². The van der Waals surface area contributed by atoms with E-state index in [2.05, 4.69) is 6.07 Å². The molecular weight excluding hydrogens is 350 g/mol. The number of amides is 1. The summed E-state index contributed by atoms with van der Waals surface area (Å²) in [5, 5.41) is 0. The molecule has 0 radical (unpaired) electrons. The number of para-hydroxylation sites is 1. The van der Waals surface area contributed by atoms with E-state index in [1.54, 1.807) is 12.1 Å². The Morgan fingerprint density at radius 2 is 1.71 bits per heavy atom. The SMILES string of the molecule is O=C1OC(c2ccccc2)Cc2cc(C(=O)N3CCc4ccccc43)ccc21. The maximum absolute atomic E-state index is 13.1. The van der Waals surface area contributed by atoms with Crippen LogP contribution in [0.15, 0.2) is 72.8 Å². The minimum Gasteiger partial charge on any atom is -0.454 e. The fourth-order valence-corrected chi connectivity index (χ4v) is 4.09. The molecule has 4 heteroatoms. The third kappa shape index (κ3) is 2.78. The van der Waals surface area contributed by atoms with Crippen LogP contribution in [0.2, 0.25) is 0 Å². The Morgan fingerprint density at radius 1 is 0.929 bits per heavy atom. The summed E-state index contributed by atoms with van der Waals surface area (Å²) in [5.41, 5.74) is 5.16. The number of fused-ring (bicyclic) bond motifs is 2. The van der Waals surface area contributed by atoms with E-state index in [9.17, 15) is 9.59 Å². The van der Waals surface area contributed by atoms with E-state index in [-0.39, 0.29) is 18.0 Å². The predicted molar refractivity (Wildman–Crippen MR) is 107 cm³/mol. The molecule has 2 aliphatic rings. The van der Waals surface area contributed by atoms with E-state index in [0.717, 1.165) is 23.2 Å². The molecular formula is C24H19NO3. The second-order valence-electron chi connectivity index (χ2n) is 7.22. The molecule has 0 bridgehead atoms. The van der Waals surface area contributed by atoms with E-state index < -0.39 is 0 Å². The summed E-state index contributed by atoms with van der Waals surface area (Å²) in [6.45, 7) is 0.684. The summed E-state index contributed by atoms with van der Waals surface area (Å²) in [4.78, 5) is 27.4. The third-order valence-electron chi connectivity index (χ3n) is 5.53. The van der Waals surface area contributed by atoms with Gasteiger partial charge in [0.15, 0.2) is 0 Å². The Balaban J connectivity index is 1.46. The lowest BCUT2D eigenvalue weighted by Crippen LogP contribution is -2.29. The van der Waals surface area contributed by atoms with Gasteiger partial charge in [0, 0.05) is 24.2 Å². The quantitative estimate of drug-likeness (QED) is 0.631. The average Bonchev–Trinajstić information content (AvgIpc) is 3.17. The van der Waals surface area contributed by atoms with Crippen LogP contribution < -0.4 is 4.90 Å². The maximum atomic E-state index is 13.1. The highest BCUT2D eigenvalue weighted by Crippen LogP contribution is 2.33. The predicted octanol–water partition coefficient (Wildman–Crippen LogP) is 4.34. The summed E-state index contributed by atoms with van der Waals surface area (Å²) in [7, 11) is 0. The monoisotopic (exact) mass is 369 g/mol. The lowest BCUT2D eigenvalue weighted by molar-refractivity contribution is 0.0252. The standard InChI is InChI=1S/C24H19NO3/c26-23(25-13-12-16-6-4-5-9-21(16)25)18-10-11-20-19(14-18)15-22(28-24(20)27)17-7-2-1-3-8-17/h1-11,14,22H,12-13,15H2. The van der Waals surface area contributed by atoms with Crippen molar-refractivity contribution >= 4 is 17.6 Å². The summed E-state index contributed by atoms with van der Waals surface area (Å²) in [6.07, 6.45) is 1.12. The molecule has 0 spiro atoms. The molecule has 0 aromatic heterocycles. The van der Waals surface area contributed by atoms with Gasteiger partial charge >= 0.3 is 5.97 Å². The zero-order valence-corrected chi connectivity index (χ0v) is 15.3. The van der Waals surface area contributed by atoms with Gasteiger partial charge in [0.05, 0.1) is 5.56 Å². The number of carbonyl (C=O) groups is 2. The smallest absolute Gasteiger partial charge is 0.339 e. The number of hydrogen-bond acceptors (Lipinski definition) is 3. The third-order valence-corrected chi connectivity index (χ3v) is 5.53. The fraction of sp³-hybridized carbons (Fsp3) is 0.167. The molecule has 138 valence electrons. The first-order valence-corrected chi connectivity index (χ1v) is 9.49. The molecule has 28 heavy (non-hydrogen) atoms. The van der Waals surface area contributed by atoms with Gasteiger partial charge in [-0.15, -0.1) is 0 Å². The van der Waals surface area contributed by atoms with Gasteiger partial charge < -0.3 is 9.64 Å². The number of hydrogen-bond donors (Lipinski definition) is 0. The van der Waals surface area contributed by atoms with Gasteiger partial charge in [-0.1, -0.05) is 48.5 Å². The van der Waals surface area contributed by atoms with Crippen LogP contribution >= 0.6 is 0 Å². The van der Waals surface area contributed by atoms with Crippen molar-refractivity contribution in [3.63, 3.8) is 0 Å². The highest BCUT2D eigenvalue weighted by molar-refractivity contribution is 6.08. The molecule has 5 rings (SSSR count). The number of carbonyl (C=O) groups excluding carboxylic acids is 2. The first-order chi connectivity index (χ1) is 13.7. The number of rotatable bonds is 2. The largest absolute Gasteiger partial charge is 0.454 e.